The summed E-state index contributed by atoms with van der Waals surface area (Å²) < 4.78 is 13.5. The van der Waals surface area contributed by atoms with Crippen molar-refractivity contribution in [2.75, 3.05) is 18.9 Å². The zero-order chi connectivity index (χ0) is 24.5. The molecule has 3 rings (SSSR count). The van der Waals surface area contributed by atoms with Gasteiger partial charge >= 0.3 is 6.03 Å². The third-order valence-corrected chi connectivity index (χ3v) is 5.16. The van der Waals surface area contributed by atoms with Crippen molar-refractivity contribution in [3.63, 3.8) is 0 Å². The summed E-state index contributed by atoms with van der Waals surface area (Å²) in [6, 6.07) is 17.8. The summed E-state index contributed by atoms with van der Waals surface area (Å²) in [5, 5.41) is 17.9. The number of nitrogens with two attached hydrogens (primary N) is 1. The van der Waals surface area contributed by atoms with Crippen molar-refractivity contribution in [1.82, 2.24) is 15.6 Å². The Morgan fingerprint density at radius 1 is 1.15 bits per heavy atom. The van der Waals surface area contributed by atoms with Gasteiger partial charge in [-0.15, -0.1) is 0 Å². The topological polar surface area (TPSA) is 133 Å². The Labute approximate surface area is 197 Å². The maximum absolute atomic E-state index is 13.5. The predicted octanol–water partition coefficient (Wildman–Crippen LogP) is 3.26. The molecule has 5 N–H and O–H groups in total. The van der Waals surface area contributed by atoms with Crippen LogP contribution < -0.4 is 21.7 Å². The molecule has 3 amide bonds. The van der Waals surface area contributed by atoms with Gasteiger partial charge < -0.3 is 21.7 Å². The number of primary amides is 1. The number of aromatic nitrogens is 1. The Morgan fingerprint density at radius 2 is 1.94 bits per heavy atom. The summed E-state index contributed by atoms with van der Waals surface area (Å²) in [5.41, 5.74) is 8.44. The molecule has 0 aliphatic rings. The van der Waals surface area contributed by atoms with E-state index in [0.717, 1.165) is 5.56 Å². The van der Waals surface area contributed by atoms with Crippen LogP contribution in [0.2, 0.25) is 0 Å². The van der Waals surface area contributed by atoms with Crippen LogP contribution in [0.25, 0.3) is 11.3 Å². The number of pyridine rings is 1. The van der Waals surface area contributed by atoms with E-state index in [1.165, 1.54) is 19.2 Å². The van der Waals surface area contributed by atoms with Crippen molar-refractivity contribution >= 4 is 17.8 Å². The van der Waals surface area contributed by atoms with Crippen molar-refractivity contribution in [2.45, 2.75) is 18.9 Å². The average molecular weight is 461 g/mol. The highest BCUT2D eigenvalue weighted by Gasteiger charge is 2.22. The van der Waals surface area contributed by atoms with Crippen LogP contribution in [-0.4, -0.2) is 30.5 Å². The van der Waals surface area contributed by atoms with Crippen LogP contribution in [0.4, 0.5) is 15.0 Å². The average Bonchev–Trinajstić information content (AvgIpc) is 2.83. The molecule has 34 heavy (non-hydrogen) atoms. The standard InChI is InChI=1S/C25H25FN6O2/c1-29-25(34)32-22(14-23(28)33)20-9-10-21(19-8-3-2-6-17(19)15-27)31-24(20)30-12-11-16-5-4-7-18(26)13-16/h2-10,13,22H,11-12,14H2,1H3,(H2,28,33)(H,30,31)(H2,29,32,34). The van der Waals surface area contributed by atoms with Gasteiger partial charge in [0.15, 0.2) is 0 Å². The summed E-state index contributed by atoms with van der Waals surface area (Å²) >= 11 is 0. The minimum atomic E-state index is -0.734. The van der Waals surface area contributed by atoms with Gasteiger partial charge in [-0.1, -0.05) is 36.4 Å². The molecule has 1 unspecified atom stereocenters. The minimum absolute atomic E-state index is 0.137. The second kappa shape index (κ2) is 11.4. The van der Waals surface area contributed by atoms with Crippen molar-refractivity contribution in [3.05, 3.63) is 83.2 Å². The molecule has 0 bridgehead atoms. The number of nitrogens with one attached hydrogen (secondary N) is 3. The Hall–Kier alpha value is -4.45. The van der Waals surface area contributed by atoms with E-state index in [-0.39, 0.29) is 12.2 Å². The third-order valence-electron chi connectivity index (χ3n) is 5.16. The zero-order valence-corrected chi connectivity index (χ0v) is 18.6. The fourth-order valence-electron chi connectivity index (χ4n) is 3.53. The van der Waals surface area contributed by atoms with Crippen molar-refractivity contribution in [1.29, 1.82) is 5.26 Å². The molecule has 1 aromatic heterocycles. The van der Waals surface area contributed by atoms with E-state index in [0.29, 0.717) is 41.2 Å². The highest BCUT2D eigenvalue weighted by atomic mass is 19.1. The number of benzene rings is 2. The summed E-state index contributed by atoms with van der Waals surface area (Å²) in [5.74, 6) is -0.488. The van der Waals surface area contributed by atoms with Crippen LogP contribution in [0.5, 0.6) is 0 Å². The Kier molecular flexibility index (Phi) is 8.13. The van der Waals surface area contributed by atoms with Gasteiger partial charge in [-0.2, -0.15) is 5.26 Å². The lowest BCUT2D eigenvalue weighted by Crippen LogP contribution is -2.38. The summed E-state index contributed by atoms with van der Waals surface area (Å²) in [6.07, 6.45) is 0.378. The Balaban J connectivity index is 1.98. The van der Waals surface area contributed by atoms with E-state index in [1.54, 1.807) is 36.4 Å². The number of carbonyl (C=O) groups is 2. The first kappa shape index (κ1) is 24.2. The van der Waals surface area contributed by atoms with E-state index in [2.05, 4.69) is 22.0 Å². The molecule has 0 saturated heterocycles. The van der Waals surface area contributed by atoms with E-state index in [9.17, 15) is 19.2 Å². The van der Waals surface area contributed by atoms with Crippen LogP contribution in [0, 0.1) is 17.1 Å². The van der Waals surface area contributed by atoms with E-state index < -0.39 is 18.0 Å². The molecule has 3 aromatic rings. The fourth-order valence-corrected chi connectivity index (χ4v) is 3.53. The first-order valence-electron chi connectivity index (χ1n) is 10.7. The maximum atomic E-state index is 13.5. The Bertz CT molecular complexity index is 1220. The van der Waals surface area contributed by atoms with Gasteiger partial charge in [0.05, 0.1) is 29.8 Å². The van der Waals surface area contributed by atoms with Crippen molar-refractivity contribution in [3.8, 4) is 17.3 Å². The monoisotopic (exact) mass is 460 g/mol. The Morgan fingerprint density at radius 3 is 2.65 bits per heavy atom. The SMILES string of the molecule is CNC(=O)NC(CC(N)=O)c1ccc(-c2ccccc2C#N)nc1NCCc1cccc(F)c1. The zero-order valence-electron chi connectivity index (χ0n) is 18.6. The van der Waals surface area contributed by atoms with Gasteiger partial charge in [0.1, 0.15) is 11.6 Å². The number of anilines is 1. The molecule has 0 fully saturated rings. The number of hydrogen-bond acceptors (Lipinski definition) is 5. The van der Waals surface area contributed by atoms with Crippen LogP contribution >= 0.6 is 0 Å². The molecule has 0 spiro atoms. The molecule has 0 aliphatic carbocycles. The molecule has 0 saturated carbocycles. The molecule has 1 atom stereocenters. The molecule has 2 aromatic carbocycles. The molecule has 174 valence electrons. The summed E-state index contributed by atoms with van der Waals surface area (Å²) in [6.45, 7) is 0.413. The number of hydrogen-bond donors (Lipinski definition) is 4. The van der Waals surface area contributed by atoms with Crippen molar-refractivity contribution < 1.29 is 14.0 Å². The second-order valence-electron chi connectivity index (χ2n) is 7.54. The molecule has 8 nitrogen and oxygen atoms in total. The minimum Gasteiger partial charge on any atom is -0.370 e. The number of nitriles is 1. The molecular weight excluding hydrogens is 435 g/mol. The number of halogens is 1. The first-order chi connectivity index (χ1) is 16.4. The molecule has 0 radical (unpaired) electrons. The number of amides is 3. The third kappa shape index (κ3) is 6.29. The van der Waals surface area contributed by atoms with Crippen molar-refractivity contribution in [2.24, 2.45) is 5.73 Å². The number of nitrogens with zero attached hydrogens (tertiary/aromatic N) is 2. The lowest BCUT2D eigenvalue weighted by atomic mass is 10.0. The lowest BCUT2D eigenvalue weighted by molar-refractivity contribution is -0.118. The molecule has 1 heterocycles. The summed E-state index contributed by atoms with van der Waals surface area (Å²) in [7, 11) is 1.47. The van der Waals surface area contributed by atoms with E-state index in [1.807, 2.05) is 12.1 Å². The van der Waals surface area contributed by atoms with Crippen LogP contribution in [0.1, 0.15) is 29.2 Å². The van der Waals surface area contributed by atoms with Gasteiger partial charge in [0.2, 0.25) is 5.91 Å². The quantitative estimate of drug-likeness (QED) is 0.389. The molecular formula is C25H25FN6O2. The fraction of sp³-hybridized carbons (Fsp3) is 0.200. The van der Waals surface area contributed by atoms with Gasteiger partial charge in [-0.3, -0.25) is 4.79 Å². The van der Waals surface area contributed by atoms with Crippen LogP contribution in [0.3, 0.4) is 0 Å². The second-order valence-corrected chi connectivity index (χ2v) is 7.54. The smallest absolute Gasteiger partial charge is 0.315 e. The number of rotatable bonds is 9. The maximum Gasteiger partial charge on any atom is 0.315 e. The lowest BCUT2D eigenvalue weighted by Gasteiger charge is -2.21. The molecule has 9 heteroatoms. The highest BCUT2D eigenvalue weighted by Crippen LogP contribution is 2.29. The molecule has 0 aliphatic heterocycles. The van der Waals surface area contributed by atoms with Gasteiger partial charge in [0.25, 0.3) is 0 Å². The highest BCUT2D eigenvalue weighted by molar-refractivity contribution is 5.79. The largest absolute Gasteiger partial charge is 0.370 e. The number of urea groups is 1. The van der Waals surface area contributed by atoms with Gasteiger partial charge in [-0.25, -0.2) is 14.2 Å². The normalized spacial score (nSPS) is 11.2. The number of carbonyl (C=O) groups excluding carboxylic acids is 2. The van der Waals surface area contributed by atoms with E-state index in [4.69, 9.17) is 10.7 Å². The van der Waals surface area contributed by atoms with Crippen LogP contribution in [-0.2, 0) is 11.2 Å². The first-order valence-corrected chi connectivity index (χ1v) is 10.7. The van der Waals surface area contributed by atoms with E-state index >= 15 is 0 Å². The predicted molar refractivity (Wildman–Crippen MR) is 127 cm³/mol. The van der Waals surface area contributed by atoms with Gasteiger partial charge in [-0.05, 0) is 36.2 Å². The van der Waals surface area contributed by atoms with Crippen LogP contribution in [0.15, 0.2) is 60.7 Å². The summed E-state index contributed by atoms with van der Waals surface area (Å²) in [4.78, 5) is 28.4. The van der Waals surface area contributed by atoms with Gasteiger partial charge in [0, 0.05) is 24.7 Å².